The molecule has 3 nitrogen and oxygen atoms in total. The molecule has 1 unspecified atom stereocenters. The van der Waals surface area contributed by atoms with Gasteiger partial charge < -0.3 is 10.1 Å². The highest BCUT2D eigenvalue weighted by Gasteiger charge is 2.19. The molecule has 20 heavy (non-hydrogen) atoms. The topological polar surface area (TPSA) is 24.5 Å². The van der Waals surface area contributed by atoms with Crippen LogP contribution in [0.5, 0.6) is 5.75 Å². The normalized spacial score (nSPS) is 20.1. The van der Waals surface area contributed by atoms with Crippen molar-refractivity contribution in [3.8, 4) is 5.75 Å². The first kappa shape index (κ1) is 15.3. The third kappa shape index (κ3) is 4.18. The van der Waals surface area contributed by atoms with Gasteiger partial charge in [-0.25, -0.2) is 4.39 Å². The smallest absolute Gasteiger partial charge is 0.165 e. The zero-order valence-corrected chi connectivity index (χ0v) is 12.5. The van der Waals surface area contributed by atoms with E-state index in [2.05, 4.69) is 17.1 Å². The Morgan fingerprint density at radius 1 is 1.45 bits per heavy atom. The largest absolute Gasteiger partial charge is 0.494 e. The van der Waals surface area contributed by atoms with Gasteiger partial charge in [0.1, 0.15) is 0 Å². The summed E-state index contributed by atoms with van der Waals surface area (Å²) in [6.07, 6.45) is 3.62. The predicted octanol–water partition coefficient (Wildman–Crippen LogP) is 2.80. The maximum absolute atomic E-state index is 13.7. The van der Waals surface area contributed by atoms with Crippen LogP contribution >= 0.6 is 0 Å². The van der Waals surface area contributed by atoms with Crippen LogP contribution in [0.25, 0.3) is 0 Å². The molecule has 1 aromatic rings. The molecule has 0 saturated carbocycles. The number of methoxy groups -OCH3 is 1. The summed E-state index contributed by atoms with van der Waals surface area (Å²) in [6, 6.07) is 5.82. The molecular weight excluding hydrogens is 255 g/mol. The van der Waals surface area contributed by atoms with E-state index in [-0.39, 0.29) is 5.82 Å². The first-order valence-electron chi connectivity index (χ1n) is 7.51. The van der Waals surface area contributed by atoms with Crippen molar-refractivity contribution in [2.75, 3.05) is 26.7 Å². The van der Waals surface area contributed by atoms with Crippen LogP contribution in [0, 0.1) is 5.82 Å². The highest BCUT2D eigenvalue weighted by molar-refractivity contribution is 5.29. The van der Waals surface area contributed by atoms with Gasteiger partial charge in [-0.15, -0.1) is 0 Å². The van der Waals surface area contributed by atoms with Crippen molar-refractivity contribution < 1.29 is 9.13 Å². The molecule has 0 amide bonds. The van der Waals surface area contributed by atoms with Crippen LogP contribution < -0.4 is 10.1 Å². The molecule has 0 radical (unpaired) electrons. The Labute approximate surface area is 121 Å². The fraction of sp³-hybridized carbons (Fsp3) is 0.625. The summed E-state index contributed by atoms with van der Waals surface area (Å²) in [5, 5.41) is 3.58. The zero-order valence-electron chi connectivity index (χ0n) is 12.5. The lowest BCUT2D eigenvalue weighted by Gasteiger charge is -2.33. The van der Waals surface area contributed by atoms with Gasteiger partial charge in [-0.05, 0) is 50.0 Å². The lowest BCUT2D eigenvalue weighted by Crippen LogP contribution is -2.45. The van der Waals surface area contributed by atoms with Crippen LogP contribution in [-0.4, -0.2) is 37.7 Å². The molecule has 4 heteroatoms. The molecule has 0 bridgehead atoms. The Morgan fingerprint density at radius 2 is 2.30 bits per heavy atom. The highest BCUT2D eigenvalue weighted by atomic mass is 19.1. The van der Waals surface area contributed by atoms with Crippen LogP contribution in [0.1, 0.15) is 31.7 Å². The molecule has 1 saturated heterocycles. The zero-order chi connectivity index (χ0) is 14.4. The molecule has 0 aliphatic carbocycles. The summed E-state index contributed by atoms with van der Waals surface area (Å²) in [6.45, 7) is 6.22. The molecule has 1 aliphatic heterocycles. The molecule has 1 fully saturated rings. The summed E-state index contributed by atoms with van der Waals surface area (Å²) < 4.78 is 18.6. The van der Waals surface area contributed by atoms with Gasteiger partial charge in [0.2, 0.25) is 0 Å². The molecule has 1 N–H and O–H groups in total. The van der Waals surface area contributed by atoms with E-state index in [0.29, 0.717) is 11.8 Å². The van der Waals surface area contributed by atoms with Crippen LogP contribution in [0.2, 0.25) is 0 Å². The number of hydrogen-bond acceptors (Lipinski definition) is 3. The Balaban J connectivity index is 1.90. The quantitative estimate of drug-likeness (QED) is 0.867. The highest BCUT2D eigenvalue weighted by Crippen LogP contribution is 2.20. The number of nitrogens with zero attached hydrogens (tertiary/aromatic N) is 1. The van der Waals surface area contributed by atoms with E-state index in [1.165, 1.54) is 26.4 Å². The lowest BCUT2D eigenvalue weighted by molar-refractivity contribution is 0.183. The molecule has 1 aromatic carbocycles. The molecule has 1 heterocycles. The number of benzene rings is 1. The number of nitrogens with one attached hydrogen (secondary N) is 1. The Hall–Kier alpha value is -1.13. The number of halogens is 1. The van der Waals surface area contributed by atoms with E-state index in [4.69, 9.17) is 4.74 Å². The standard InChI is InChI=1S/C16H25FN2O/c1-3-8-18-14-5-4-9-19(12-14)11-13-6-7-16(20-2)15(17)10-13/h6-7,10,14,18H,3-5,8-9,11-12H2,1-2H3. The molecule has 1 atom stereocenters. The minimum atomic E-state index is -0.275. The van der Waals surface area contributed by atoms with E-state index in [0.717, 1.165) is 31.7 Å². The SMILES string of the molecule is CCCNC1CCCN(Cc2ccc(OC)c(F)c2)C1. The second-order valence-electron chi connectivity index (χ2n) is 5.50. The Kier molecular flexibility index (Phi) is 5.80. The van der Waals surface area contributed by atoms with E-state index in [1.807, 2.05) is 6.07 Å². The minimum absolute atomic E-state index is 0.275. The molecule has 112 valence electrons. The van der Waals surface area contributed by atoms with Gasteiger partial charge in [-0.1, -0.05) is 13.0 Å². The van der Waals surface area contributed by atoms with Crippen LogP contribution in [0.3, 0.4) is 0 Å². The summed E-state index contributed by atoms with van der Waals surface area (Å²) in [5.74, 6) is 0.0394. The lowest BCUT2D eigenvalue weighted by atomic mass is 10.0. The average molecular weight is 280 g/mol. The number of rotatable bonds is 6. The summed E-state index contributed by atoms with van der Waals surface area (Å²) in [4.78, 5) is 2.40. The second kappa shape index (κ2) is 7.60. The molecule has 2 rings (SSSR count). The molecule has 0 aromatic heterocycles. The summed E-state index contributed by atoms with van der Waals surface area (Å²) in [7, 11) is 1.49. The fourth-order valence-corrected chi connectivity index (χ4v) is 2.78. The van der Waals surface area contributed by atoms with Crippen molar-refractivity contribution in [2.45, 2.75) is 38.8 Å². The summed E-state index contributed by atoms with van der Waals surface area (Å²) >= 11 is 0. The Bertz CT molecular complexity index is 425. The maximum Gasteiger partial charge on any atom is 0.165 e. The van der Waals surface area contributed by atoms with Gasteiger partial charge >= 0.3 is 0 Å². The van der Waals surface area contributed by atoms with Gasteiger partial charge in [0, 0.05) is 19.1 Å². The predicted molar refractivity (Wildman–Crippen MR) is 79.5 cm³/mol. The van der Waals surface area contributed by atoms with Crippen molar-refractivity contribution >= 4 is 0 Å². The van der Waals surface area contributed by atoms with Crippen LogP contribution in [0.15, 0.2) is 18.2 Å². The van der Waals surface area contributed by atoms with Crippen molar-refractivity contribution in [3.63, 3.8) is 0 Å². The second-order valence-corrected chi connectivity index (χ2v) is 5.50. The number of piperidine rings is 1. The van der Waals surface area contributed by atoms with Gasteiger partial charge in [-0.2, -0.15) is 0 Å². The summed E-state index contributed by atoms with van der Waals surface area (Å²) in [5.41, 5.74) is 1.01. The van der Waals surface area contributed by atoms with Crippen molar-refractivity contribution in [2.24, 2.45) is 0 Å². The van der Waals surface area contributed by atoms with Gasteiger partial charge in [0.25, 0.3) is 0 Å². The van der Waals surface area contributed by atoms with Gasteiger partial charge in [0.05, 0.1) is 7.11 Å². The third-order valence-electron chi connectivity index (χ3n) is 3.81. The van der Waals surface area contributed by atoms with Crippen LogP contribution in [0.4, 0.5) is 4.39 Å². The van der Waals surface area contributed by atoms with Crippen molar-refractivity contribution in [1.82, 2.24) is 10.2 Å². The maximum atomic E-state index is 13.7. The van der Waals surface area contributed by atoms with E-state index < -0.39 is 0 Å². The molecular formula is C16H25FN2O. The van der Waals surface area contributed by atoms with Gasteiger partial charge in [0.15, 0.2) is 11.6 Å². The fourth-order valence-electron chi connectivity index (χ4n) is 2.78. The number of hydrogen-bond donors (Lipinski definition) is 1. The first-order chi connectivity index (χ1) is 9.72. The third-order valence-corrected chi connectivity index (χ3v) is 3.81. The van der Waals surface area contributed by atoms with Crippen molar-refractivity contribution in [1.29, 1.82) is 0 Å². The molecule has 0 spiro atoms. The van der Waals surface area contributed by atoms with E-state index in [1.54, 1.807) is 12.1 Å². The minimum Gasteiger partial charge on any atom is -0.494 e. The monoisotopic (exact) mass is 280 g/mol. The molecule has 1 aliphatic rings. The van der Waals surface area contributed by atoms with Gasteiger partial charge in [-0.3, -0.25) is 4.90 Å². The van der Waals surface area contributed by atoms with Crippen LogP contribution in [-0.2, 0) is 6.54 Å². The Morgan fingerprint density at radius 3 is 3.00 bits per heavy atom. The van der Waals surface area contributed by atoms with E-state index >= 15 is 0 Å². The number of likely N-dealkylation sites (tertiary alicyclic amines) is 1. The van der Waals surface area contributed by atoms with Crippen molar-refractivity contribution in [3.05, 3.63) is 29.6 Å². The van der Waals surface area contributed by atoms with E-state index in [9.17, 15) is 4.39 Å². The first-order valence-corrected chi connectivity index (χ1v) is 7.51. The number of ether oxygens (including phenoxy) is 1. The average Bonchev–Trinajstić information content (AvgIpc) is 2.46.